The second kappa shape index (κ2) is 3.54. The fourth-order valence-corrected chi connectivity index (χ4v) is 3.59. The van der Waals surface area contributed by atoms with E-state index < -0.39 is 0 Å². The Labute approximate surface area is 103 Å². The van der Waals surface area contributed by atoms with Crippen LogP contribution in [0.2, 0.25) is 0 Å². The zero-order chi connectivity index (χ0) is 13.0. The second-order valence-corrected chi connectivity index (χ2v) is 6.80. The highest BCUT2D eigenvalue weighted by atomic mass is 16.1. The Morgan fingerprint density at radius 3 is 2.18 bits per heavy atom. The number of hydrogen-bond acceptors (Lipinski definition) is 2. The van der Waals surface area contributed by atoms with E-state index >= 15 is 0 Å². The molecule has 0 radical (unpaired) electrons. The molecule has 0 saturated heterocycles. The van der Waals surface area contributed by atoms with Crippen LogP contribution < -0.4 is 0 Å². The minimum Gasteiger partial charge on any atom is -0.299 e. The molecule has 2 aliphatic carbocycles. The van der Waals surface area contributed by atoms with Gasteiger partial charge in [-0.15, -0.1) is 0 Å². The average molecular weight is 234 g/mol. The molecule has 0 aromatic carbocycles. The first-order chi connectivity index (χ1) is 7.68. The Morgan fingerprint density at radius 1 is 1.24 bits per heavy atom. The maximum absolute atomic E-state index is 12.2. The largest absolute Gasteiger partial charge is 0.299 e. The minimum absolute atomic E-state index is 0.0233. The van der Waals surface area contributed by atoms with E-state index in [4.69, 9.17) is 0 Å². The van der Waals surface area contributed by atoms with Gasteiger partial charge in [-0.05, 0) is 24.8 Å². The first-order valence-electron chi connectivity index (χ1n) is 6.44. The lowest BCUT2D eigenvalue weighted by Crippen LogP contribution is -2.36. The van der Waals surface area contributed by atoms with Gasteiger partial charge in [-0.25, -0.2) is 0 Å². The van der Waals surface area contributed by atoms with E-state index in [2.05, 4.69) is 20.8 Å². The van der Waals surface area contributed by atoms with Gasteiger partial charge in [-0.2, -0.15) is 0 Å². The molecule has 1 fully saturated rings. The molecule has 2 aliphatic rings. The van der Waals surface area contributed by atoms with Crippen LogP contribution in [0.1, 0.15) is 47.5 Å². The normalized spacial score (nSPS) is 40.9. The molecular formula is C15H22O2. The van der Waals surface area contributed by atoms with Crippen molar-refractivity contribution < 1.29 is 9.59 Å². The van der Waals surface area contributed by atoms with Gasteiger partial charge in [0.2, 0.25) is 0 Å². The molecule has 2 nitrogen and oxygen atoms in total. The van der Waals surface area contributed by atoms with Gasteiger partial charge in [0.15, 0.2) is 5.78 Å². The van der Waals surface area contributed by atoms with Gasteiger partial charge in [-0.3, -0.25) is 9.59 Å². The summed E-state index contributed by atoms with van der Waals surface area (Å²) in [4.78, 5) is 24.1. The van der Waals surface area contributed by atoms with E-state index in [0.717, 1.165) is 12.0 Å². The summed E-state index contributed by atoms with van der Waals surface area (Å²) in [5.74, 6) is 0.495. The maximum atomic E-state index is 12.2. The van der Waals surface area contributed by atoms with Crippen LogP contribution in [0.15, 0.2) is 11.6 Å². The molecule has 1 unspecified atom stereocenters. The van der Waals surface area contributed by atoms with Crippen molar-refractivity contribution in [1.82, 2.24) is 0 Å². The summed E-state index contributed by atoms with van der Waals surface area (Å²) in [6.07, 6.45) is 3.30. The van der Waals surface area contributed by atoms with Crippen LogP contribution >= 0.6 is 0 Å². The number of Topliss-reactive ketones (excluding diaryl/α,β-unsaturated/α-hetero) is 1. The molecular weight excluding hydrogens is 212 g/mol. The monoisotopic (exact) mass is 234 g/mol. The quantitative estimate of drug-likeness (QED) is 0.698. The number of allylic oxidation sites excluding steroid dienone is 2. The van der Waals surface area contributed by atoms with Crippen LogP contribution in [-0.2, 0) is 9.59 Å². The Balaban J connectivity index is 2.38. The smallest absolute Gasteiger partial charge is 0.159 e. The molecule has 0 spiro atoms. The van der Waals surface area contributed by atoms with E-state index in [1.165, 1.54) is 0 Å². The van der Waals surface area contributed by atoms with Gasteiger partial charge in [0, 0.05) is 23.7 Å². The molecule has 0 aromatic heterocycles. The Hall–Kier alpha value is -0.920. The predicted octanol–water partition coefficient (Wildman–Crippen LogP) is 3.16. The van der Waals surface area contributed by atoms with Crippen molar-refractivity contribution in [2.45, 2.75) is 47.5 Å². The van der Waals surface area contributed by atoms with Crippen molar-refractivity contribution in [3.05, 3.63) is 11.6 Å². The Morgan fingerprint density at radius 2 is 1.82 bits per heavy atom. The highest BCUT2D eigenvalue weighted by Gasteiger charge is 2.54. The molecule has 2 heteroatoms. The van der Waals surface area contributed by atoms with Crippen molar-refractivity contribution in [2.24, 2.45) is 22.7 Å². The zero-order valence-electron chi connectivity index (χ0n) is 11.5. The summed E-state index contributed by atoms with van der Waals surface area (Å²) >= 11 is 0. The molecule has 94 valence electrons. The van der Waals surface area contributed by atoms with Crippen LogP contribution in [-0.4, -0.2) is 11.6 Å². The minimum atomic E-state index is -0.248. The summed E-state index contributed by atoms with van der Waals surface area (Å²) in [5, 5.41) is 0. The molecule has 17 heavy (non-hydrogen) atoms. The van der Waals surface area contributed by atoms with Crippen molar-refractivity contribution in [1.29, 1.82) is 0 Å². The number of ketones is 2. The summed E-state index contributed by atoms with van der Waals surface area (Å²) < 4.78 is 0. The third kappa shape index (κ3) is 1.69. The first kappa shape index (κ1) is 12.5. The van der Waals surface area contributed by atoms with Gasteiger partial charge >= 0.3 is 0 Å². The Bertz CT molecular complexity index is 417. The molecule has 0 aliphatic heterocycles. The summed E-state index contributed by atoms with van der Waals surface area (Å²) in [6, 6.07) is 0. The van der Waals surface area contributed by atoms with E-state index in [1.807, 2.05) is 13.8 Å². The fourth-order valence-electron chi connectivity index (χ4n) is 3.59. The summed E-state index contributed by atoms with van der Waals surface area (Å²) in [5.41, 5.74) is 0.935. The average Bonchev–Trinajstić information content (AvgIpc) is 2.58. The predicted molar refractivity (Wildman–Crippen MR) is 67.5 cm³/mol. The van der Waals surface area contributed by atoms with Crippen molar-refractivity contribution in [3.8, 4) is 0 Å². The van der Waals surface area contributed by atoms with E-state index in [1.54, 1.807) is 6.08 Å². The first-order valence-corrected chi connectivity index (χ1v) is 6.44. The van der Waals surface area contributed by atoms with Crippen LogP contribution in [0.3, 0.4) is 0 Å². The van der Waals surface area contributed by atoms with Gasteiger partial charge in [0.1, 0.15) is 5.78 Å². The molecule has 3 atom stereocenters. The van der Waals surface area contributed by atoms with E-state index in [9.17, 15) is 9.59 Å². The molecule has 1 saturated carbocycles. The van der Waals surface area contributed by atoms with Crippen LogP contribution in [0.5, 0.6) is 0 Å². The maximum Gasteiger partial charge on any atom is 0.159 e. The lowest BCUT2D eigenvalue weighted by atomic mass is 9.65. The van der Waals surface area contributed by atoms with Crippen molar-refractivity contribution in [3.63, 3.8) is 0 Å². The second-order valence-electron chi connectivity index (χ2n) is 6.80. The van der Waals surface area contributed by atoms with Crippen LogP contribution in [0.4, 0.5) is 0 Å². The lowest BCUT2D eigenvalue weighted by Gasteiger charge is -2.36. The molecule has 0 aromatic rings. The summed E-state index contributed by atoms with van der Waals surface area (Å²) in [7, 11) is 0. The summed E-state index contributed by atoms with van der Waals surface area (Å²) in [6.45, 7) is 10.4. The fraction of sp³-hybridized carbons (Fsp3) is 0.733. The SMILES string of the molecule is CC1=CC(=O)[C@H](C)[C@@]1(C)C1CC(C)(C)CC1=O. The Kier molecular flexibility index (Phi) is 2.61. The molecule has 2 rings (SSSR count). The third-order valence-electron chi connectivity index (χ3n) is 5.06. The van der Waals surface area contributed by atoms with Crippen molar-refractivity contribution in [2.75, 3.05) is 0 Å². The van der Waals surface area contributed by atoms with Gasteiger partial charge in [-0.1, -0.05) is 33.3 Å². The van der Waals surface area contributed by atoms with E-state index in [-0.39, 0.29) is 28.4 Å². The third-order valence-corrected chi connectivity index (χ3v) is 5.06. The number of carbonyl (C=O) groups is 2. The molecule has 0 bridgehead atoms. The van der Waals surface area contributed by atoms with E-state index in [0.29, 0.717) is 12.2 Å². The molecule has 0 heterocycles. The molecule has 0 N–H and O–H groups in total. The molecule has 0 amide bonds. The number of rotatable bonds is 1. The topological polar surface area (TPSA) is 34.1 Å². The van der Waals surface area contributed by atoms with Crippen molar-refractivity contribution >= 4 is 11.6 Å². The van der Waals surface area contributed by atoms with Gasteiger partial charge in [0.05, 0.1) is 0 Å². The number of hydrogen-bond donors (Lipinski definition) is 0. The lowest BCUT2D eigenvalue weighted by molar-refractivity contribution is -0.126. The zero-order valence-corrected chi connectivity index (χ0v) is 11.5. The van der Waals surface area contributed by atoms with Gasteiger partial charge in [0.25, 0.3) is 0 Å². The van der Waals surface area contributed by atoms with Crippen LogP contribution in [0, 0.1) is 22.7 Å². The van der Waals surface area contributed by atoms with Gasteiger partial charge < -0.3 is 0 Å². The highest BCUT2D eigenvalue weighted by molar-refractivity contribution is 5.98. The number of carbonyl (C=O) groups excluding carboxylic acids is 2. The standard InChI is InChI=1S/C15H22O2/c1-9-6-12(16)10(2)15(9,5)11-7-14(3,4)8-13(11)17/h6,10-11H,7-8H2,1-5H3/t10-,11?,15-/m0/s1. The van der Waals surface area contributed by atoms with Crippen LogP contribution in [0.25, 0.3) is 0 Å². The highest BCUT2D eigenvalue weighted by Crippen LogP contribution is 2.55.